The fourth-order valence-corrected chi connectivity index (χ4v) is 6.74. The van der Waals surface area contributed by atoms with E-state index in [1.165, 1.54) is 27.3 Å². The van der Waals surface area contributed by atoms with E-state index in [4.69, 9.17) is 9.72 Å². The molecule has 1 aromatic heterocycles. The SMILES string of the molecule is Cc1c2c(cc3ccccc13)-c1nccc3cc(C(C(C)C)(C(C)C)C(C)C)cc(c13)O2. The van der Waals surface area contributed by atoms with Crippen molar-refractivity contribution in [3.05, 3.63) is 65.9 Å². The first-order valence-corrected chi connectivity index (χ1v) is 11.9. The van der Waals surface area contributed by atoms with Gasteiger partial charge in [-0.25, -0.2) is 0 Å². The van der Waals surface area contributed by atoms with Crippen LogP contribution in [0, 0.1) is 24.7 Å². The van der Waals surface area contributed by atoms with Crippen molar-refractivity contribution in [1.29, 1.82) is 0 Å². The highest BCUT2D eigenvalue weighted by molar-refractivity contribution is 6.06. The number of nitrogens with zero attached hydrogens (tertiary/aromatic N) is 1. The molecule has 2 heterocycles. The molecule has 0 amide bonds. The molecule has 0 unspecified atom stereocenters. The first-order chi connectivity index (χ1) is 15.3. The summed E-state index contributed by atoms with van der Waals surface area (Å²) in [6.07, 6.45) is 1.95. The molecular formula is C30H33NO. The van der Waals surface area contributed by atoms with Crippen LogP contribution in [-0.2, 0) is 5.41 Å². The predicted molar refractivity (Wildman–Crippen MR) is 136 cm³/mol. The van der Waals surface area contributed by atoms with Crippen LogP contribution in [0.3, 0.4) is 0 Å². The third-order valence-electron chi connectivity index (χ3n) is 7.91. The van der Waals surface area contributed by atoms with Crippen LogP contribution < -0.4 is 4.74 Å². The fourth-order valence-electron chi connectivity index (χ4n) is 6.74. The lowest BCUT2D eigenvalue weighted by molar-refractivity contribution is 0.148. The number of hydrogen-bond acceptors (Lipinski definition) is 2. The highest BCUT2D eigenvalue weighted by Crippen LogP contribution is 2.52. The molecule has 4 aromatic rings. The number of benzene rings is 3. The van der Waals surface area contributed by atoms with Gasteiger partial charge in [0, 0.05) is 22.7 Å². The van der Waals surface area contributed by atoms with Gasteiger partial charge >= 0.3 is 0 Å². The molecule has 32 heavy (non-hydrogen) atoms. The van der Waals surface area contributed by atoms with Crippen molar-refractivity contribution >= 4 is 21.5 Å². The van der Waals surface area contributed by atoms with Crippen molar-refractivity contribution < 1.29 is 4.74 Å². The van der Waals surface area contributed by atoms with Crippen LogP contribution in [0.15, 0.2) is 54.7 Å². The Morgan fingerprint density at radius 1 is 0.812 bits per heavy atom. The maximum absolute atomic E-state index is 6.72. The van der Waals surface area contributed by atoms with E-state index in [2.05, 4.69) is 97.0 Å². The van der Waals surface area contributed by atoms with Crippen LogP contribution in [0.2, 0.25) is 0 Å². The van der Waals surface area contributed by atoms with Gasteiger partial charge in [0.05, 0.1) is 11.1 Å². The molecule has 0 N–H and O–H groups in total. The molecule has 2 heteroatoms. The van der Waals surface area contributed by atoms with E-state index in [1.54, 1.807) is 0 Å². The van der Waals surface area contributed by atoms with Gasteiger partial charge in [0.2, 0.25) is 0 Å². The number of fused-ring (bicyclic) bond motifs is 3. The molecule has 0 saturated carbocycles. The minimum absolute atomic E-state index is 0.0657. The van der Waals surface area contributed by atoms with E-state index >= 15 is 0 Å². The molecule has 0 fully saturated rings. The second kappa shape index (κ2) is 7.33. The molecule has 1 aliphatic heterocycles. The van der Waals surface area contributed by atoms with E-state index in [9.17, 15) is 0 Å². The van der Waals surface area contributed by atoms with Gasteiger partial charge in [0.1, 0.15) is 11.5 Å². The molecule has 0 spiro atoms. The molecule has 0 saturated heterocycles. The van der Waals surface area contributed by atoms with Gasteiger partial charge in [0.15, 0.2) is 0 Å². The van der Waals surface area contributed by atoms with Gasteiger partial charge in [-0.05, 0) is 64.6 Å². The summed E-state index contributed by atoms with van der Waals surface area (Å²) < 4.78 is 6.72. The number of ether oxygens (including phenoxy) is 1. The average molecular weight is 424 g/mol. The van der Waals surface area contributed by atoms with Gasteiger partial charge in [-0.3, -0.25) is 4.98 Å². The Kier molecular flexibility index (Phi) is 4.81. The van der Waals surface area contributed by atoms with Gasteiger partial charge in [-0.2, -0.15) is 0 Å². The Morgan fingerprint density at radius 3 is 2.19 bits per heavy atom. The first-order valence-electron chi connectivity index (χ1n) is 11.9. The lowest BCUT2D eigenvalue weighted by Crippen LogP contribution is -2.43. The lowest BCUT2D eigenvalue weighted by atomic mass is 9.58. The quantitative estimate of drug-likeness (QED) is 0.288. The Labute approximate surface area is 191 Å². The average Bonchev–Trinajstić information content (AvgIpc) is 2.74. The molecule has 0 radical (unpaired) electrons. The van der Waals surface area contributed by atoms with Crippen molar-refractivity contribution in [2.75, 3.05) is 0 Å². The van der Waals surface area contributed by atoms with E-state index in [0.717, 1.165) is 28.1 Å². The zero-order valence-electron chi connectivity index (χ0n) is 20.3. The fraction of sp³-hybridized carbons (Fsp3) is 0.367. The van der Waals surface area contributed by atoms with Crippen LogP contribution in [0.5, 0.6) is 11.5 Å². The summed E-state index contributed by atoms with van der Waals surface area (Å²) >= 11 is 0. The Hall–Kier alpha value is -2.87. The van der Waals surface area contributed by atoms with E-state index < -0.39 is 0 Å². The van der Waals surface area contributed by atoms with Crippen LogP contribution in [0.25, 0.3) is 32.8 Å². The second-order valence-electron chi connectivity index (χ2n) is 10.3. The van der Waals surface area contributed by atoms with Crippen molar-refractivity contribution in [3.8, 4) is 22.8 Å². The molecule has 5 rings (SSSR count). The van der Waals surface area contributed by atoms with Crippen LogP contribution in [-0.4, -0.2) is 4.98 Å². The zero-order valence-corrected chi connectivity index (χ0v) is 20.3. The largest absolute Gasteiger partial charge is 0.456 e. The summed E-state index contributed by atoms with van der Waals surface area (Å²) in [5.41, 5.74) is 4.74. The Balaban J connectivity index is 1.84. The number of hydrogen-bond donors (Lipinski definition) is 0. The molecule has 164 valence electrons. The monoisotopic (exact) mass is 423 g/mol. The van der Waals surface area contributed by atoms with E-state index in [1.807, 2.05) is 6.20 Å². The molecule has 0 aliphatic carbocycles. The summed E-state index contributed by atoms with van der Waals surface area (Å²) in [6.45, 7) is 16.3. The first kappa shape index (κ1) is 21.0. The smallest absolute Gasteiger partial charge is 0.140 e. The maximum Gasteiger partial charge on any atom is 0.140 e. The third kappa shape index (κ3) is 2.75. The van der Waals surface area contributed by atoms with Crippen LogP contribution in [0.4, 0.5) is 0 Å². The third-order valence-corrected chi connectivity index (χ3v) is 7.91. The normalized spacial score (nSPS) is 13.3. The summed E-state index contributed by atoms with van der Waals surface area (Å²) in [4.78, 5) is 4.84. The summed E-state index contributed by atoms with van der Waals surface area (Å²) in [6, 6.07) is 17.6. The molecule has 2 nitrogen and oxygen atoms in total. The number of aryl methyl sites for hydroxylation is 1. The topological polar surface area (TPSA) is 22.1 Å². The van der Waals surface area contributed by atoms with Gasteiger partial charge in [-0.15, -0.1) is 0 Å². The van der Waals surface area contributed by atoms with Crippen molar-refractivity contribution in [3.63, 3.8) is 0 Å². The standard InChI is InChI=1S/C30H33NO/c1-17(2)30(18(3)4,19(5)6)23-14-22-12-13-31-28-25-15-21-10-8-9-11-24(21)20(7)29(25)32-26(16-23)27(22)28/h8-19H,1-7H3. The molecule has 0 bridgehead atoms. The van der Waals surface area contributed by atoms with Gasteiger partial charge < -0.3 is 4.74 Å². The van der Waals surface area contributed by atoms with Gasteiger partial charge in [0.25, 0.3) is 0 Å². The Morgan fingerprint density at radius 2 is 1.50 bits per heavy atom. The summed E-state index contributed by atoms with van der Waals surface area (Å²) in [5, 5.41) is 4.80. The molecule has 3 aromatic carbocycles. The summed E-state index contributed by atoms with van der Waals surface area (Å²) in [7, 11) is 0. The molecule has 1 aliphatic rings. The second-order valence-corrected chi connectivity index (χ2v) is 10.3. The minimum Gasteiger partial charge on any atom is -0.456 e. The zero-order chi connectivity index (χ0) is 22.8. The lowest BCUT2D eigenvalue weighted by Gasteiger charge is -2.46. The number of aromatic nitrogens is 1. The minimum atomic E-state index is 0.0657. The summed E-state index contributed by atoms with van der Waals surface area (Å²) in [5.74, 6) is 3.41. The Bertz CT molecular complexity index is 1320. The van der Waals surface area contributed by atoms with Crippen molar-refractivity contribution in [2.45, 2.75) is 53.9 Å². The maximum atomic E-state index is 6.72. The highest BCUT2D eigenvalue weighted by atomic mass is 16.5. The van der Waals surface area contributed by atoms with E-state index in [-0.39, 0.29) is 5.41 Å². The molecule has 0 atom stereocenters. The number of rotatable bonds is 4. The number of pyridine rings is 1. The van der Waals surface area contributed by atoms with Crippen LogP contribution >= 0.6 is 0 Å². The van der Waals surface area contributed by atoms with Crippen molar-refractivity contribution in [2.24, 2.45) is 17.8 Å². The van der Waals surface area contributed by atoms with Gasteiger partial charge in [-0.1, -0.05) is 71.9 Å². The van der Waals surface area contributed by atoms with Crippen LogP contribution in [0.1, 0.15) is 52.7 Å². The predicted octanol–water partition coefficient (Wildman–Crippen LogP) is 8.67. The molecular weight excluding hydrogens is 390 g/mol. The highest BCUT2D eigenvalue weighted by Gasteiger charge is 2.42. The van der Waals surface area contributed by atoms with E-state index in [0.29, 0.717) is 17.8 Å². The van der Waals surface area contributed by atoms with Crippen molar-refractivity contribution in [1.82, 2.24) is 4.98 Å².